The molecule has 1 unspecified atom stereocenters. The highest BCUT2D eigenvalue weighted by molar-refractivity contribution is 5.85. The van der Waals surface area contributed by atoms with Crippen LogP contribution in [0.1, 0.15) is 47.6 Å². The lowest BCUT2D eigenvalue weighted by molar-refractivity contribution is -0.145. The summed E-state index contributed by atoms with van der Waals surface area (Å²) in [6.45, 7) is 1.69. The summed E-state index contributed by atoms with van der Waals surface area (Å²) in [5.41, 5.74) is 3.59. The molecule has 1 aromatic heterocycles. The average Bonchev–Trinajstić information content (AvgIpc) is 3.53. The maximum Gasteiger partial charge on any atom is 0.416 e. The highest BCUT2D eigenvalue weighted by Gasteiger charge is 2.37. The molecule has 6 nitrogen and oxygen atoms in total. The molecule has 41 heavy (non-hydrogen) atoms. The molecule has 0 saturated heterocycles. The summed E-state index contributed by atoms with van der Waals surface area (Å²) in [5.74, 6) is -1.08. The van der Waals surface area contributed by atoms with Crippen LogP contribution in [0.15, 0.2) is 59.1 Å². The molecular weight excluding hydrogens is 562 g/mol. The van der Waals surface area contributed by atoms with Crippen molar-refractivity contribution in [3.05, 3.63) is 82.7 Å². The van der Waals surface area contributed by atoms with Gasteiger partial charge in [0.15, 0.2) is 0 Å². The Morgan fingerprint density at radius 1 is 1.02 bits per heavy atom. The molecule has 0 amide bonds. The van der Waals surface area contributed by atoms with Gasteiger partial charge in [-0.2, -0.15) is 18.2 Å². The Kier molecular flexibility index (Phi) is 7.65. The van der Waals surface area contributed by atoms with Crippen LogP contribution in [0.25, 0.3) is 34.0 Å². The van der Waals surface area contributed by atoms with Gasteiger partial charge in [-0.15, -0.1) is 12.4 Å². The third-order valence-electron chi connectivity index (χ3n) is 7.89. The van der Waals surface area contributed by atoms with Gasteiger partial charge >= 0.3 is 12.1 Å². The first-order valence-corrected chi connectivity index (χ1v) is 13.0. The molecule has 1 saturated carbocycles. The van der Waals surface area contributed by atoms with Crippen molar-refractivity contribution in [2.75, 3.05) is 0 Å². The highest BCUT2D eigenvalue weighted by atomic mass is 35.5. The Balaban J connectivity index is 0.00000337. The average molecular weight is 588 g/mol. The minimum Gasteiger partial charge on any atom is -0.481 e. The summed E-state index contributed by atoms with van der Waals surface area (Å²) in [7, 11) is 0. The molecule has 0 radical (unpaired) electrons. The fourth-order valence-electron chi connectivity index (χ4n) is 5.63. The second-order valence-corrected chi connectivity index (χ2v) is 10.5. The summed E-state index contributed by atoms with van der Waals surface area (Å²) in [5, 5.41) is 16.8. The molecule has 0 bridgehead atoms. The second-order valence-electron chi connectivity index (χ2n) is 10.5. The predicted octanol–water partition coefficient (Wildman–Crippen LogP) is 7.40. The number of nitrogens with zero attached hydrogens (tertiary/aromatic N) is 2. The summed E-state index contributed by atoms with van der Waals surface area (Å²) >= 11 is 0. The first kappa shape index (κ1) is 28.8. The maximum atomic E-state index is 14.5. The maximum absolute atomic E-state index is 14.5. The van der Waals surface area contributed by atoms with Gasteiger partial charge in [-0.3, -0.25) is 4.79 Å². The third kappa shape index (κ3) is 5.58. The second kappa shape index (κ2) is 10.9. The number of alkyl halides is 3. The Hall–Kier alpha value is -3.76. The van der Waals surface area contributed by atoms with Crippen molar-refractivity contribution in [2.24, 2.45) is 5.92 Å². The zero-order chi connectivity index (χ0) is 28.2. The molecule has 214 valence electrons. The fourth-order valence-corrected chi connectivity index (χ4v) is 5.63. The van der Waals surface area contributed by atoms with Crippen LogP contribution in [0.5, 0.6) is 0 Å². The van der Waals surface area contributed by atoms with Gasteiger partial charge in [0.2, 0.25) is 5.82 Å². The highest BCUT2D eigenvalue weighted by Crippen LogP contribution is 2.38. The van der Waals surface area contributed by atoms with Crippen LogP contribution in [0, 0.1) is 18.7 Å². The van der Waals surface area contributed by atoms with Gasteiger partial charge in [-0.1, -0.05) is 23.4 Å². The van der Waals surface area contributed by atoms with E-state index in [0.717, 1.165) is 36.6 Å². The number of carboxylic acids is 1. The zero-order valence-corrected chi connectivity index (χ0v) is 22.7. The van der Waals surface area contributed by atoms with E-state index in [1.807, 2.05) is 18.2 Å². The predicted molar refractivity (Wildman–Crippen MR) is 146 cm³/mol. The number of aryl methyl sites for hydroxylation is 2. The molecule has 6 rings (SSSR count). The lowest BCUT2D eigenvalue weighted by Crippen LogP contribution is -2.45. The van der Waals surface area contributed by atoms with Gasteiger partial charge in [0, 0.05) is 28.8 Å². The van der Waals surface area contributed by atoms with Crippen LogP contribution in [0.4, 0.5) is 17.6 Å². The van der Waals surface area contributed by atoms with E-state index in [2.05, 4.69) is 15.5 Å². The molecule has 1 atom stereocenters. The Labute approximate surface area is 239 Å². The molecule has 4 aromatic rings. The monoisotopic (exact) mass is 587 g/mol. The number of hydrogen-bond donors (Lipinski definition) is 2. The smallest absolute Gasteiger partial charge is 0.416 e. The van der Waals surface area contributed by atoms with Crippen LogP contribution >= 0.6 is 12.4 Å². The largest absolute Gasteiger partial charge is 0.481 e. The van der Waals surface area contributed by atoms with Crippen molar-refractivity contribution in [3.8, 4) is 34.0 Å². The van der Waals surface area contributed by atoms with E-state index in [1.54, 1.807) is 25.1 Å². The number of carbonyl (C=O) groups is 1. The number of aromatic nitrogens is 2. The number of nitrogens with one attached hydrogen (secondary N) is 1. The van der Waals surface area contributed by atoms with E-state index in [0.29, 0.717) is 35.4 Å². The van der Waals surface area contributed by atoms with Gasteiger partial charge < -0.3 is 14.9 Å². The van der Waals surface area contributed by atoms with Crippen molar-refractivity contribution < 1.29 is 32.0 Å². The van der Waals surface area contributed by atoms with Gasteiger partial charge in [0.25, 0.3) is 5.89 Å². The molecule has 1 heterocycles. The number of fused-ring (bicyclic) bond motifs is 1. The van der Waals surface area contributed by atoms with E-state index >= 15 is 0 Å². The molecule has 2 aliphatic carbocycles. The Bertz CT molecular complexity index is 1620. The quantitative estimate of drug-likeness (QED) is 0.229. The van der Waals surface area contributed by atoms with Crippen LogP contribution < -0.4 is 5.32 Å². The van der Waals surface area contributed by atoms with Crippen molar-refractivity contribution in [3.63, 3.8) is 0 Å². The van der Waals surface area contributed by atoms with Crippen molar-refractivity contribution in [1.82, 2.24) is 15.5 Å². The summed E-state index contributed by atoms with van der Waals surface area (Å²) in [6, 6.07) is 13.6. The van der Waals surface area contributed by atoms with E-state index in [1.165, 1.54) is 11.1 Å². The third-order valence-corrected chi connectivity index (χ3v) is 7.89. The zero-order valence-electron chi connectivity index (χ0n) is 21.8. The standard InChI is InChI=1S/C30H25F4N3O3.ClH/c1-15-10-18(3-6-22(15)24-14-20(30(32,33)34)5-8-25(24)31)28-36-27(37-40-28)17-2-7-23-16(11-17)4-9-26(23)35-21-12-19(13-21)29(38)39;/h2-3,5-8,10-11,14,19,21,26,35H,4,9,12-13H2,1H3,(H,38,39);1H. The molecular formula is C30H26ClF4N3O3. The summed E-state index contributed by atoms with van der Waals surface area (Å²) in [6.07, 6.45) is -1.45. The summed E-state index contributed by atoms with van der Waals surface area (Å²) in [4.78, 5) is 15.6. The Morgan fingerprint density at radius 2 is 1.78 bits per heavy atom. The molecule has 11 heteroatoms. The molecule has 2 aliphatic rings. The molecule has 1 fully saturated rings. The van der Waals surface area contributed by atoms with E-state index in [-0.39, 0.29) is 41.9 Å². The fraction of sp³-hybridized carbons (Fsp3) is 0.300. The van der Waals surface area contributed by atoms with E-state index in [4.69, 9.17) is 9.63 Å². The van der Waals surface area contributed by atoms with E-state index < -0.39 is 23.5 Å². The first-order valence-electron chi connectivity index (χ1n) is 13.0. The minimum absolute atomic E-state index is 0. The molecule has 3 aromatic carbocycles. The van der Waals surface area contributed by atoms with Crippen LogP contribution in [0.2, 0.25) is 0 Å². The van der Waals surface area contributed by atoms with Crippen molar-refractivity contribution >= 4 is 18.4 Å². The van der Waals surface area contributed by atoms with Crippen LogP contribution in [-0.2, 0) is 17.4 Å². The van der Waals surface area contributed by atoms with Crippen molar-refractivity contribution in [1.29, 1.82) is 0 Å². The van der Waals surface area contributed by atoms with Gasteiger partial charge in [0.1, 0.15) is 5.82 Å². The number of benzene rings is 3. The van der Waals surface area contributed by atoms with Gasteiger partial charge in [-0.05, 0) is 91.3 Å². The molecule has 0 spiro atoms. The number of carboxylic acid groups (broad SMARTS) is 1. The Morgan fingerprint density at radius 3 is 2.49 bits per heavy atom. The lowest BCUT2D eigenvalue weighted by Gasteiger charge is -2.35. The van der Waals surface area contributed by atoms with Gasteiger partial charge in [0.05, 0.1) is 11.5 Å². The normalized spacial score (nSPS) is 19.8. The van der Waals surface area contributed by atoms with Crippen LogP contribution in [0.3, 0.4) is 0 Å². The minimum atomic E-state index is -4.58. The number of aliphatic carboxylic acids is 1. The first-order chi connectivity index (χ1) is 19.1. The van der Waals surface area contributed by atoms with Gasteiger partial charge in [-0.25, -0.2) is 4.39 Å². The van der Waals surface area contributed by atoms with E-state index in [9.17, 15) is 22.4 Å². The molecule has 2 N–H and O–H groups in total. The van der Waals surface area contributed by atoms with Crippen molar-refractivity contribution in [2.45, 2.75) is 50.9 Å². The number of rotatable bonds is 6. The van der Waals surface area contributed by atoms with Crippen LogP contribution in [-0.4, -0.2) is 27.3 Å². The topological polar surface area (TPSA) is 88.2 Å². The summed E-state index contributed by atoms with van der Waals surface area (Å²) < 4.78 is 59.5. The number of hydrogen-bond acceptors (Lipinski definition) is 5. The lowest BCUT2D eigenvalue weighted by atomic mass is 9.80. The number of halogens is 5. The SMILES string of the molecule is Cc1cc(-c2nc(-c3ccc4c(c3)CCC4NC3CC(C(=O)O)C3)no2)ccc1-c1cc(C(F)(F)F)ccc1F.Cl. The molecule has 0 aliphatic heterocycles.